The van der Waals surface area contributed by atoms with Crippen LogP contribution in [0.4, 0.5) is 5.69 Å². The summed E-state index contributed by atoms with van der Waals surface area (Å²) in [6.07, 6.45) is 3.32. The highest BCUT2D eigenvalue weighted by molar-refractivity contribution is 7.92. The Hall–Kier alpha value is -2.09. The first kappa shape index (κ1) is 17.3. The number of nitrogens with one attached hydrogen (secondary N) is 2. The van der Waals surface area contributed by atoms with Crippen molar-refractivity contribution in [2.24, 2.45) is 0 Å². The van der Waals surface area contributed by atoms with Gasteiger partial charge < -0.3 is 10.2 Å². The quantitative estimate of drug-likeness (QED) is 0.718. The number of carbonyl (C=O) groups excluding carboxylic acids is 2. The minimum atomic E-state index is -3.32. The molecule has 0 spiro atoms. The Kier molecular flexibility index (Phi) is 5.59. The molecular weight excluding hydrogens is 318 g/mol. The highest BCUT2D eigenvalue weighted by Gasteiger charge is 2.19. The average molecular weight is 339 g/mol. The van der Waals surface area contributed by atoms with E-state index in [0.717, 1.165) is 19.2 Å². The monoisotopic (exact) mass is 339 g/mol. The molecule has 0 aromatic heterocycles. The normalized spacial score (nSPS) is 14.8. The lowest BCUT2D eigenvalue weighted by molar-refractivity contribution is -0.127. The van der Waals surface area contributed by atoms with Gasteiger partial charge in [-0.3, -0.25) is 14.3 Å². The van der Waals surface area contributed by atoms with E-state index in [-0.39, 0.29) is 11.8 Å². The Morgan fingerprint density at radius 1 is 1.26 bits per heavy atom. The number of hydrogen-bond acceptors (Lipinski definition) is 4. The molecule has 1 fully saturated rings. The summed E-state index contributed by atoms with van der Waals surface area (Å²) in [5.74, 6) is -0.0334. The van der Waals surface area contributed by atoms with E-state index in [1.54, 1.807) is 24.3 Å². The first-order chi connectivity index (χ1) is 10.8. The third-order valence-corrected chi connectivity index (χ3v) is 4.12. The van der Waals surface area contributed by atoms with Gasteiger partial charge in [0.2, 0.25) is 15.9 Å². The van der Waals surface area contributed by atoms with Crippen LogP contribution >= 0.6 is 0 Å². The molecule has 8 heteroatoms. The average Bonchev–Trinajstić information content (AvgIpc) is 2.88. The Balaban J connectivity index is 1.76. The van der Waals surface area contributed by atoms with Crippen LogP contribution in [0.25, 0.3) is 0 Å². The standard InChI is InChI=1S/C15H21N3O4S/c1-23(21,22)17-13-7-5-12(6-8-13)15(20)16-9-3-11-18-10-2-4-14(18)19/h5-8,17H,2-4,9-11H2,1H3,(H,16,20). The summed E-state index contributed by atoms with van der Waals surface area (Å²) in [6.45, 7) is 1.96. The van der Waals surface area contributed by atoms with Crippen LogP contribution in [0.2, 0.25) is 0 Å². The minimum absolute atomic E-state index is 0.185. The molecule has 1 aromatic rings. The molecule has 1 saturated heterocycles. The number of likely N-dealkylation sites (tertiary alicyclic amines) is 1. The van der Waals surface area contributed by atoms with Crippen LogP contribution in [0.3, 0.4) is 0 Å². The van der Waals surface area contributed by atoms with Gasteiger partial charge in [-0.1, -0.05) is 0 Å². The van der Waals surface area contributed by atoms with Gasteiger partial charge in [0, 0.05) is 37.3 Å². The van der Waals surface area contributed by atoms with Crippen LogP contribution in [-0.4, -0.2) is 51.0 Å². The van der Waals surface area contributed by atoms with E-state index < -0.39 is 10.0 Å². The lowest BCUT2D eigenvalue weighted by atomic mass is 10.2. The molecule has 0 atom stereocenters. The van der Waals surface area contributed by atoms with E-state index in [4.69, 9.17) is 0 Å². The molecule has 0 saturated carbocycles. The number of benzene rings is 1. The van der Waals surface area contributed by atoms with Crippen LogP contribution in [0, 0.1) is 0 Å². The molecule has 2 amide bonds. The topological polar surface area (TPSA) is 95.6 Å². The van der Waals surface area contributed by atoms with E-state index in [1.165, 1.54) is 0 Å². The molecule has 0 unspecified atom stereocenters. The zero-order chi connectivity index (χ0) is 16.9. The fraction of sp³-hybridized carbons (Fsp3) is 0.467. The van der Waals surface area contributed by atoms with Crippen molar-refractivity contribution in [1.29, 1.82) is 0 Å². The van der Waals surface area contributed by atoms with Crippen LogP contribution < -0.4 is 10.0 Å². The van der Waals surface area contributed by atoms with Gasteiger partial charge in [-0.2, -0.15) is 0 Å². The number of rotatable bonds is 7. The lowest BCUT2D eigenvalue weighted by Crippen LogP contribution is -2.30. The van der Waals surface area contributed by atoms with E-state index in [2.05, 4.69) is 10.0 Å². The number of carbonyl (C=O) groups is 2. The number of sulfonamides is 1. The molecule has 1 aromatic carbocycles. The Morgan fingerprint density at radius 2 is 1.96 bits per heavy atom. The minimum Gasteiger partial charge on any atom is -0.352 e. The molecule has 1 aliphatic rings. The molecule has 2 N–H and O–H groups in total. The van der Waals surface area contributed by atoms with Gasteiger partial charge in [-0.05, 0) is 37.1 Å². The van der Waals surface area contributed by atoms with Crippen LogP contribution in [0.5, 0.6) is 0 Å². The summed E-state index contributed by atoms with van der Waals surface area (Å²) in [6, 6.07) is 6.21. The first-order valence-corrected chi connectivity index (χ1v) is 9.38. The highest BCUT2D eigenvalue weighted by Crippen LogP contribution is 2.11. The Labute approximate surface area is 136 Å². The highest BCUT2D eigenvalue weighted by atomic mass is 32.2. The van der Waals surface area contributed by atoms with Crippen LogP contribution in [0.1, 0.15) is 29.6 Å². The molecule has 2 rings (SSSR count). The largest absolute Gasteiger partial charge is 0.352 e. The van der Waals surface area contributed by atoms with Gasteiger partial charge in [-0.15, -0.1) is 0 Å². The number of nitrogens with zero attached hydrogens (tertiary/aromatic N) is 1. The molecule has 1 heterocycles. The summed E-state index contributed by atoms with van der Waals surface area (Å²) < 4.78 is 24.6. The van der Waals surface area contributed by atoms with Crippen molar-refractivity contribution >= 4 is 27.5 Å². The van der Waals surface area contributed by atoms with Crippen molar-refractivity contribution in [1.82, 2.24) is 10.2 Å². The Bertz CT molecular complexity index is 670. The predicted octanol–water partition coefficient (Wildman–Crippen LogP) is 0.800. The molecule has 126 valence electrons. The molecule has 1 aliphatic heterocycles. The molecule has 0 radical (unpaired) electrons. The number of hydrogen-bond donors (Lipinski definition) is 2. The molecule has 0 bridgehead atoms. The predicted molar refractivity (Wildman–Crippen MR) is 87.7 cm³/mol. The van der Waals surface area contributed by atoms with Crippen molar-refractivity contribution in [3.05, 3.63) is 29.8 Å². The summed E-state index contributed by atoms with van der Waals surface area (Å²) in [7, 11) is -3.32. The number of anilines is 1. The zero-order valence-electron chi connectivity index (χ0n) is 13.0. The zero-order valence-corrected chi connectivity index (χ0v) is 13.9. The second-order valence-corrected chi connectivity index (χ2v) is 7.29. The van der Waals surface area contributed by atoms with E-state index in [9.17, 15) is 18.0 Å². The third kappa shape index (κ3) is 5.55. The van der Waals surface area contributed by atoms with Gasteiger partial charge in [0.1, 0.15) is 0 Å². The van der Waals surface area contributed by atoms with Crippen molar-refractivity contribution in [2.45, 2.75) is 19.3 Å². The summed E-state index contributed by atoms with van der Waals surface area (Å²) in [5.41, 5.74) is 0.873. The van der Waals surface area contributed by atoms with Crippen molar-refractivity contribution in [2.75, 3.05) is 30.6 Å². The maximum absolute atomic E-state index is 12.0. The second-order valence-electron chi connectivity index (χ2n) is 5.55. The number of amides is 2. The first-order valence-electron chi connectivity index (χ1n) is 7.49. The van der Waals surface area contributed by atoms with Crippen LogP contribution in [-0.2, 0) is 14.8 Å². The van der Waals surface area contributed by atoms with Crippen molar-refractivity contribution < 1.29 is 18.0 Å². The van der Waals surface area contributed by atoms with Crippen molar-refractivity contribution in [3.63, 3.8) is 0 Å². The van der Waals surface area contributed by atoms with Gasteiger partial charge in [0.25, 0.3) is 5.91 Å². The lowest BCUT2D eigenvalue weighted by Gasteiger charge is -2.15. The fourth-order valence-corrected chi connectivity index (χ4v) is 2.98. The summed E-state index contributed by atoms with van der Waals surface area (Å²) in [5, 5.41) is 2.79. The van der Waals surface area contributed by atoms with Crippen LogP contribution in [0.15, 0.2) is 24.3 Å². The second kappa shape index (κ2) is 7.45. The molecule has 23 heavy (non-hydrogen) atoms. The molecule has 7 nitrogen and oxygen atoms in total. The molecule has 0 aliphatic carbocycles. The maximum Gasteiger partial charge on any atom is 0.251 e. The summed E-state index contributed by atoms with van der Waals surface area (Å²) >= 11 is 0. The van der Waals surface area contributed by atoms with Gasteiger partial charge >= 0.3 is 0 Å². The van der Waals surface area contributed by atoms with Crippen molar-refractivity contribution in [3.8, 4) is 0 Å². The van der Waals surface area contributed by atoms with Gasteiger partial charge in [0.05, 0.1) is 6.26 Å². The molecular formula is C15H21N3O4S. The van der Waals surface area contributed by atoms with E-state index in [1.807, 2.05) is 4.90 Å². The van der Waals surface area contributed by atoms with E-state index in [0.29, 0.717) is 37.2 Å². The van der Waals surface area contributed by atoms with Gasteiger partial charge in [0.15, 0.2) is 0 Å². The SMILES string of the molecule is CS(=O)(=O)Nc1ccc(C(=O)NCCCN2CCCC2=O)cc1. The van der Waals surface area contributed by atoms with Gasteiger partial charge in [-0.25, -0.2) is 8.42 Å². The fourth-order valence-electron chi connectivity index (χ4n) is 2.42. The third-order valence-electron chi connectivity index (χ3n) is 3.51. The maximum atomic E-state index is 12.0. The smallest absolute Gasteiger partial charge is 0.251 e. The summed E-state index contributed by atoms with van der Waals surface area (Å²) in [4.78, 5) is 25.2. The van der Waals surface area contributed by atoms with E-state index >= 15 is 0 Å². The Morgan fingerprint density at radius 3 is 2.52 bits per heavy atom.